The van der Waals surface area contributed by atoms with Gasteiger partial charge in [0.1, 0.15) is 5.75 Å². The first-order valence-electron chi connectivity index (χ1n) is 4.72. The minimum Gasteiger partial charge on any atom is -0.481 e. The van der Waals surface area contributed by atoms with Crippen LogP contribution in [-0.4, -0.2) is 23.0 Å². The van der Waals surface area contributed by atoms with E-state index >= 15 is 0 Å². The van der Waals surface area contributed by atoms with Gasteiger partial charge in [0.05, 0.1) is 5.56 Å². The Balaban J connectivity index is 2.76. The Hall–Kier alpha value is -1.47. The van der Waals surface area contributed by atoms with Crippen LogP contribution in [0.2, 0.25) is 0 Å². The molecule has 0 radical (unpaired) electrons. The van der Waals surface area contributed by atoms with Crippen LogP contribution in [0.4, 0.5) is 0 Å². The number of rotatable bonds is 4. The topological polar surface area (TPSA) is 46.5 Å². The third-order valence-electron chi connectivity index (χ3n) is 1.68. The molecule has 0 saturated carbocycles. The first kappa shape index (κ1) is 12.6. The number of hydrogen-bond donors (Lipinski definition) is 1. The van der Waals surface area contributed by atoms with Crippen molar-refractivity contribution in [1.82, 2.24) is 0 Å². The minimum absolute atomic E-state index is 0.350. The van der Waals surface area contributed by atoms with Crippen LogP contribution in [0, 0.1) is 11.8 Å². The fraction of sp³-hybridized carbons (Fsp3) is 0.250. The Morgan fingerprint density at radius 1 is 1.44 bits per heavy atom. The zero-order valence-corrected chi connectivity index (χ0v) is 10.2. The molecule has 0 aliphatic carbocycles. The molecule has 84 valence electrons. The van der Waals surface area contributed by atoms with Crippen molar-refractivity contribution in [3.63, 3.8) is 0 Å². The summed E-state index contributed by atoms with van der Waals surface area (Å²) in [6.07, 6.45) is 0.743. The molecule has 0 aliphatic rings. The second kappa shape index (κ2) is 6.91. The van der Waals surface area contributed by atoms with E-state index in [0.29, 0.717) is 11.3 Å². The van der Waals surface area contributed by atoms with E-state index < -0.39 is 5.97 Å². The van der Waals surface area contributed by atoms with E-state index in [-0.39, 0.29) is 6.61 Å². The van der Waals surface area contributed by atoms with Gasteiger partial charge in [0, 0.05) is 11.8 Å². The maximum Gasteiger partial charge on any atom is 0.341 e. The van der Waals surface area contributed by atoms with Gasteiger partial charge >= 0.3 is 5.97 Å². The van der Waals surface area contributed by atoms with Crippen molar-refractivity contribution in [3.8, 4) is 17.6 Å². The Morgan fingerprint density at radius 2 is 2.19 bits per heavy atom. The molecule has 0 amide bonds. The van der Waals surface area contributed by atoms with E-state index in [1.807, 2.05) is 6.07 Å². The molecule has 1 rings (SSSR count). The van der Waals surface area contributed by atoms with E-state index in [4.69, 9.17) is 9.84 Å². The Labute approximate surface area is 103 Å². The molecule has 0 unspecified atom stereocenters. The Kier molecular flexibility index (Phi) is 5.44. The molecule has 1 aromatic carbocycles. The summed E-state index contributed by atoms with van der Waals surface area (Å²) < 4.78 is 5.12. The van der Waals surface area contributed by atoms with Crippen LogP contribution < -0.4 is 4.74 Å². The summed E-state index contributed by atoms with van der Waals surface area (Å²) in [6, 6.07) is 7.14. The van der Waals surface area contributed by atoms with Crippen LogP contribution in [0.1, 0.15) is 12.0 Å². The summed E-state index contributed by atoms with van der Waals surface area (Å²) in [5.41, 5.74) is 0.713. The molecule has 4 heteroatoms. The number of ether oxygens (including phenoxy) is 1. The van der Waals surface area contributed by atoms with Gasteiger partial charge in [0.25, 0.3) is 0 Å². The van der Waals surface area contributed by atoms with E-state index in [9.17, 15) is 4.79 Å². The fourth-order valence-electron chi connectivity index (χ4n) is 1.04. The van der Waals surface area contributed by atoms with E-state index in [1.54, 1.807) is 18.2 Å². The van der Waals surface area contributed by atoms with Crippen molar-refractivity contribution in [3.05, 3.63) is 29.8 Å². The molecule has 0 fully saturated rings. The highest BCUT2D eigenvalue weighted by Gasteiger charge is 2.02. The molecule has 3 nitrogen and oxygen atoms in total. The summed E-state index contributed by atoms with van der Waals surface area (Å²) >= 11 is 3.28. The molecule has 0 saturated heterocycles. The lowest BCUT2D eigenvalue weighted by atomic mass is 10.2. The molecule has 1 aromatic rings. The summed E-state index contributed by atoms with van der Waals surface area (Å²) in [4.78, 5) is 10.4. The molecular formula is C12H11BrO3. The highest BCUT2D eigenvalue weighted by Crippen LogP contribution is 2.16. The van der Waals surface area contributed by atoms with Crippen LogP contribution >= 0.6 is 15.9 Å². The second-order valence-corrected chi connectivity index (χ2v) is 3.71. The molecule has 0 spiro atoms. The zero-order valence-electron chi connectivity index (χ0n) is 8.57. The number of benzene rings is 1. The van der Waals surface area contributed by atoms with E-state index in [0.717, 1.165) is 11.8 Å². The van der Waals surface area contributed by atoms with Crippen molar-refractivity contribution in [2.45, 2.75) is 6.42 Å². The SMILES string of the molecule is O=C(O)COc1ccccc1C#CCCBr. The number of alkyl halides is 1. The van der Waals surface area contributed by atoms with Crippen molar-refractivity contribution < 1.29 is 14.6 Å². The highest BCUT2D eigenvalue weighted by atomic mass is 79.9. The van der Waals surface area contributed by atoms with Crippen LogP contribution in [0.3, 0.4) is 0 Å². The standard InChI is InChI=1S/C12H11BrO3/c13-8-4-3-6-10-5-1-2-7-11(10)16-9-12(14)15/h1-2,5,7H,4,8-9H2,(H,14,15). The zero-order chi connectivity index (χ0) is 11.8. The second-order valence-electron chi connectivity index (χ2n) is 2.92. The molecule has 1 N–H and O–H groups in total. The maximum absolute atomic E-state index is 10.4. The molecule has 0 bridgehead atoms. The first-order valence-corrected chi connectivity index (χ1v) is 5.84. The number of carboxylic acids is 1. The van der Waals surface area contributed by atoms with Gasteiger partial charge in [-0.3, -0.25) is 0 Å². The van der Waals surface area contributed by atoms with E-state index in [2.05, 4.69) is 27.8 Å². The number of halogens is 1. The summed E-state index contributed by atoms with van der Waals surface area (Å²) in [6.45, 7) is -0.350. The predicted octanol–water partition coefficient (Wildman–Crippen LogP) is 2.29. The van der Waals surface area contributed by atoms with Gasteiger partial charge in [-0.05, 0) is 12.1 Å². The number of carboxylic acid groups (broad SMARTS) is 1. The molecule has 0 aromatic heterocycles. The fourth-order valence-corrected chi connectivity index (χ4v) is 1.24. The Bertz CT molecular complexity index is 418. The molecule has 0 aliphatic heterocycles. The van der Waals surface area contributed by atoms with Crippen LogP contribution in [-0.2, 0) is 4.79 Å². The lowest BCUT2D eigenvalue weighted by Gasteiger charge is -2.04. The van der Waals surface area contributed by atoms with E-state index in [1.165, 1.54) is 0 Å². The smallest absolute Gasteiger partial charge is 0.341 e. The molecule has 0 atom stereocenters. The van der Waals surface area contributed by atoms with Crippen LogP contribution in [0.15, 0.2) is 24.3 Å². The first-order chi connectivity index (χ1) is 7.74. The molecular weight excluding hydrogens is 272 g/mol. The highest BCUT2D eigenvalue weighted by molar-refractivity contribution is 9.09. The Morgan fingerprint density at radius 3 is 2.88 bits per heavy atom. The monoisotopic (exact) mass is 282 g/mol. The van der Waals surface area contributed by atoms with Gasteiger partial charge in [-0.1, -0.05) is 39.9 Å². The van der Waals surface area contributed by atoms with Crippen molar-refractivity contribution in [1.29, 1.82) is 0 Å². The van der Waals surface area contributed by atoms with Gasteiger partial charge in [0.2, 0.25) is 0 Å². The van der Waals surface area contributed by atoms with Crippen LogP contribution in [0.25, 0.3) is 0 Å². The van der Waals surface area contributed by atoms with Gasteiger partial charge in [0.15, 0.2) is 6.61 Å². The normalized spacial score (nSPS) is 9.06. The average Bonchev–Trinajstić information content (AvgIpc) is 2.28. The van der Waals surface area contributed by atoms with Crippen molar-refractivity contribution >= 4 is 21.9 Å². The summed E-state index contributed by atoms with van der Waals surface area (Å²) in [5.74, 6) is 5.40. The summed E-state index contributed by atoms with van der Waals surface area (Å²) in [5, 5.41) is 9.33. The number of carbonyl (C=O) groups is 1. The van der Waals surface area contributed by atoms with Crippen molar-refractivity contribution in [2.24, 2.45) is 0 Å². The lowest BCUT2D eigenvalue weighted by molar-refractivity contribution is -0.139. The minimum atomic E-state index is -0.997. The maximum atomic E-state index is 10.4. The number of aliphatic carboxylic acids is 1. The largest absolute Gasteiger partial charge is 0.481 e. The lowest BCUT2D eigenvalue weighted by Crippen LogP contribution is -2.10. The number of para-hydroxylation sites is 1. The van der Waals surface area contributed by atoms with Crippen molar-refractivity contribution in [2.75, 3.05) is 11.9 Å². The quantitative estimate of drug-likeness (QED) is 0.681. The molecule has 16 heavy (non-hydrogen) atoms. The van der Waals surface area contributed by atoms with Gasteiger partial charge in [-0.2, -0.15) is 0 Å². The van der Waals surface area contributed by atoms with Crippen LogP contribution in [0.5, 0.6) is 5.75 Å². The third kappa shape index (κ3) is 4.37. The predicted molar refractivity (Wildman–Crippen MR) is 64.9 cm³/mol. The average molecular weight is 283 g/mol. The molecule has 0 heterocycles. The van der Waals surface area contributed by atoms with Gasteiger partial charge < -0.3 is 9.84 Å². The summed E-state index contributed by atoms with van der Waals surface area (Å²) in [7, 11) is 0. The van der Waals surface area contributed by atoms with Gasteiger partial charge in [-0.15, -0.1) is 0 Å². The third-order valence-corrected chi connectivity index (χ3v) is 2.08. The van der Waals surface area contributed by atoms with Gasteiger partial charge in [-0.25, -0.2) is 4.79 Å². The number of hydrogen-bond acceptors (Lipinski definition) is 2.